The highest BCUT2D eigenvalue weighted by Crippen LogP contribution is 2.67. The van der Waals surface area contributed by atoms with E-state index in [2.05, 4.69) is 6.07 Å². The van der Waals surface area contributed by atoms with Gasteiger partial charge in [0.1, 0.15) is 0 Å². The third-order valence-corrected chi connectivity index (χ3v) is 8.29. The van der Waals surface area contributed by atoms with Gasteiger partial charge in [-0.15, -0.1) is 0 Å². The maximum atomic E-state index is 14.3. The molecular weight excluding hydrogens is 424 g/mol. The molecule has 4 aliphatic rings. The Balaban J connectivity index is 2.18. The first-order valence-electron chi connectivity index (χ1n) is 11.0. The van der Waals surface area contributed by atoms with Crippen LogP contribution in [0.1, 0.15) is 66.7 Å². The molecule has 2 saturated carbocycles. The van der Waals surface area contributed by atoms with Crippen molar-refractivity contribution >= 4 is 0 Å². The highest BCUT2D eigenvalue weighted by Gasteiger charge is 2.82. The topological polar surface area (TPSA) is 42.2 Å². The first kappa shape index (κ1) is 24.6. The number of halogens is 6. The molecule has 31 heavy (non-hydrogen) atoms. The number of hydrogen-bond donors (Lipinski definition) is 0. The fraction of sp³-hybridized carbons (Fsp3) is 0.955. The molecule has 2 heterocycles. The van der Waals surface area contributed by atoms with Crippen LogP contribution in [0.3, 0.4) is 0 Å². The van der Waals surface area contributed by atoms with Crippen molar-refractivity contribution in [1.82, 2.24) is 0 Å². The van der Waals surface area contributed by atoms with E-state index in [4.69, 9.17) is 9.47 Å². The summed E-state index contributed by atoms with van der Waals surface area (Å²) in [6, 6.07) is 2.09. The van der Waals surface area contributed by atoms with Crippen LogP contribution in [0.25, 0.3) is 0 Å². The van der Waals surface area contributed by atoms with E-state index >= 15 is 0 Å². The second-order valence-corrected chi connectivity index (χ2v) is 10.3. The molecule has 8 atom stereocenters. The molecule has 4 bridgehead atoms. The maximum Gasteiger partial charge on any atom is 0.426 e. The molecule has 0 aromatic rings. The van der Waals surface area contributed by atoms with Gasteiger partial charge in [-0.25, -0.2) is 0 Å². The lowest BCUT2D eigenvalue weighted by Gasteiger charge is -2.58. The van der Waals surface area contributed by atoms with Crippen molar-refractivity contribution < 1.29 is 35.8 Å². The molecular formula is C22H31F6NO2. The minimum absolute atomic E-state index is 0.0761. The first-order chi connectivity index (χ1) is 14.0. The van der Waals surface area contributed by atoms with Crippen LogP contribution in [0.15, 0.2) is 0 Å². The minimum Gasteiger partial charge on any atom is -0.368 e. The van der Waals surface area contributed by atoms with Gasteiger partial charge in [0, 0.05) is 11.8 Å². The monoisotopic (exact) mass is 455 g/mol. The molecule has 8 unspecified atom stereocenters. The Morgan fingerprint density at radius 2 is 1.71 bits per heavy atom. The normalized spacial score (nSPS) is 40.1. The predicted molar refractivity (Wildman–Crippen MR) is 101 cm³/mol. The standard InChI is InChI=1S/C22H31F6NO2/c1-6-18(4,10-12(2)11-29)31-19(5)16-9-15-7-14(13(16)3)8-17(19)20(30-15,21(23,24)25)22(26,27)28/h12-17H,6-10H2,1-5H3. The van der Waals surface area contributed by atoms with Crippen LogP contribution in [0.4, 0.5) is 26.3 Å². The first-order valence-corrected chi connectivity index (χ1v) is 11.0. The van der Waals surface area contributed by atoms with Gasteiger partial charge in [-0.3, -0.25) is 0 Å². The third kappa shape index (κ3) is 3.66. The Kier molecular flexibility index (Phi) is 5.97. The summed E-state index contributed by atoms with van der Waals surface area (Å²) in [5.74, 6) is -3.21. The number of nitriles is 1. The van der Waals surface area contributed by atoms with Gasteiger partial charge >= 0.3 is 12.4 Å². The van der Waals surface area contributed by atoms with Crippen molar-refractivity contribution in [2.75, 3.05) is 0 Å². The Labute approximate surface area is 179 Å². The van der Waals surface area contributed by atoms with Gasteiger partial charge < -0.3 is 9.47 Å². The molecule has 178 valence electrons. The maximum absolute atomic E-state index is 14.3. The summed E-state index contributed by atoms with van der Waals surface area (Å²) in [7, 11) is 0. The third-order valence-electron chi connectivity index (χ3n) is 8.29. The van der Waals surface area contributed by atoms with Crippen LogP contribution in [-0.2, 0) is 9.47 Å². The number of fused-ring (bicyclic) bond motifs is 1. The summed E-state index contributed by atoms with van der Waals surface area (Å²) in [5.41, 5.74) is -7.00. The number of rotatable bonds is 5. The molecule has 0 aromatic heterocycles. The van der Waals surface area contributed by atoms with Crippen molar-refractivity contribution in [2.45, 2.75) is 102 Å². The lowest BCUT2D eigenvalue weighted by molar-refractivity contribution is -0.415. The molecule has 0 spiro atoms. The lowest BCUT2D eigenvalue weighted by atomic mass is 9.52. The summed E-state index contributed by atoms with van der Waals surface area (Å²) >= 11 is 0. The van der Waals surface area contributed by atoms with Crippen LogP contribution in [0, 0.1) is 40.9 Å². The second kappa shape index (κ2) is 7.51. The van der Waals surface area contributed by atoms with E-state index in [-0.39, 0.29) is 37.5 Å². The average Bonchev–Trinajstić information content (AvgIpc) is 2.83. The highest BCUT2D eigenvalue weighted by molar-refractivity contribution is 5.18. The summed E-state index contributed by atoms with van der Waals surface area (Å²) < 4.78 is 97.4. The van der Waals surface area contributed by atoms with Gasteiger partial charge in [-0.05, 0) is 70.6 Å². The van der Waals surface area contributed by atoms with Crippen LogP contribution in [0.5, 0.6) is 0 Å². The van der Waals surface area contributed by atoms with Crippen LogP contribution in [0.2, 0.25) is 0 Å². The highest BCUT2D eigenvalue weighted by atomic mass is 19.4. The fourth-order valence-corrected chi connectivity index (χ4v) is 6.67. The zero-order valence-corrected chi connectivity index (χ0v) is 18.5. The van der Waals surface area contributed by atoms with Gasteiger partial charge in [0.05, 0.1) is 23.4 Å². The van der Waals surface area contributed by atoms with Crippen LogP contribution < -0.4 is 0 Å². The average molecular weight is 455 g/mol. The van der Waals surface area contributed by atoms with Crippen molar-refractivity contribution in [3.05, 3.63) is 0 Å². The molecule has 3 nitrogen and oxygen atoms in total. The number of hydrogen-bond acceptors (Lipinski definition) is 3. The van der Waals surface area contributed by atoms with Crippen molar-refractivity contribution in [2.24, 2.45) is 29.6 Å². The minimum atomic E-state index is -5.63. The summed E-state index contributed by atoms with van der Waals surface area (Å²) in [6.45, 7) is 8.45. The quantitative estimate of drug-likeness (QED) is 0.449. The zero-order valence-electron chi connectivity index (χ0n) is 18.5. The molecule has 4 fully saturated rings. The van der Waals surface area contributed by atoms with Crippen molar-refractivity contribution in [1.29, 1.82) is 5.26 Å². The SMILES string of the molecule is CCC(C)(CC(C)C#N)OC1(C)C2CC3CC(CC1C(C(F)(F)F)(C(F)(F)F)O3)C2C. The summed E-state index contributed by atoms with van der Waals surface area (Å²) in [6.07, 6.45) is -11.7. The lowest BCUT2D eigenvalue weighted by Crippen LogP contribution is -2.70. The van der Waals surface area contributed by atoms with Gasteiger partial charge in [0.2, 0.25) is 0 Å². The number of alkyl halides is 6. The van der Waals surface area contributed by atoms with Gasteiger partial charge in [-0.2, -0.15) is 31.6 Å². The molecule has 2 aliphatic carbocycles. The van der Waals surface area contributed by atoms with E-state index in [0.717, 1.165) is 0 Å². The van der Waals surface area contributed by atoms with E-state index in [0.29, 0.717) is 6.42 Å². The number of ether oxygens (including phenoxy) is 2. The van der Waals surface area contributed by atoms with E-state index in [9.17, 15) is 31.6 Å². The van der Waals surface area contributed by atoms with Gasteiger partial charge in [-0.1, -0.05) is 13.8 Å². The molecule has 9 heteroatoms. The summed E-state index contributed by atoms with van der Waals surface area (Å²) in [5, 5.41) is 9.23. The van der Waals surface area contributed by atoms with E-state index in [1.807, 2.05) is 6.92 Å². The Hall–Kier alpha value is -1.01. The molecule has 0 N–H and O–H groups in total. The van der Waals surface area contributed by atoms with E-state index < -0.39 is 53.0 Å². The Morgan fingerprint density at radius 3 is 2.19 bits per heavy atom. The molecule has 2 saturated heterocycles. The number of nitrogens with zero attached hydrogens (tertiary/aromatic N) is 1. The molecule has 2 aliphatic heterocycles. The van der Waals surface area contributed by atoms with Gasteiger partial charge in [0.15, 0.2) is 0 Å². The largest absolute Gasteiger partial charge is 0.426 e. The molecule has 0 aromatic carbocycles. The Morgan fingerprint density at radius 1 is 1.13 bits per heavy atom. The van der Waals surface area contributed by atoms with Crippen molar-refractivity contribution in [3.63, 3.8) is 0 Å². The Bertz CT molecular complexity index is 717. The molecule has 0 radical (unpaired) electrons. The van der Waals surface area contributed by atoms with Crippen molar-refractivity contribution in [3.8, 4) is 6.07 Å². The van der Waals surface area contributed by atoms with E-state index in [1.165, 1.54) is 6.92 Å². The fourth-order valence-electron chi connectivity index (χ4n) is 6.67. The summed E-state index contributed by atoms with van der Waals surface area (Å²) in [4.78, 5) is 0. The van der Waals surface area contributed by atoms with Crippen LogP contribution in [-0.4, -0.2) is 35.3 Å². The second-order valence-electron chi connectivity index (χ2n) is 10.3. The van der Waals surface area contributed by atoms with E-state index in [1.54, 1.807) is 20.8 Å². The van der Waals surface area contributed by atoms with Crippen LogP contribution >= 0.6 is 0 Å². The zero-order chi connectivity index (χ0) is 23.6. The van der Waals surface area contributed by atoms with Gasteiger partial charge in [0.25, 0.3) is 5.60 Å². The molecule has 0 amide bonds. The molecule has 4 rings (SSSR count). The predicted octanol–water partition coefficient (Wildman–Crippen LogP) is 6.42. The smallest absolute Gasteiger partial charge is 0.368 e.